The molecule has 0 radical (unpaired) electrons. The topological polar surface area (TPSA) is 27.7 Å². The van der Waals surface area contributed by atoms with E-state index in [1.807, 2.05) is 0 Å². The summed E-state index contributed by atoms with van der Waals surface area (Å²) in [5.41, 5.74) is -5.57. The highest BCUT2D eigenvalue weighted by molar-refractivity contribution is 6.63. The highest BCUT2D eigenvalue weighted by Gasteiger charge is 2.83. The molecule has 3 nitrogen and oxygen atoms in total. The molecule has 0 spiro atoms. The average molecular weight is 382 g/mol. The summed E-state index contributed by atoms with van der Waals surface area (Å²) in [5, 5.41) is 0. The van der Waals surface area contributed by atoms with E-state index >= 15 is 0 Å². The van der Waals surface area contributed by atoms with E-state index < -0.39 is 51.6 Å². The van der Waals surface area contributed by atoms with Crippen molar-refractivity contribution in [3.8, 4) is 0 Å². The van der Waals surface area contributed by atoms with E-state index in [0.717, 1.165) is 0 Å². The number of halogens is 9. The molecule has 0 amide bonds. The Morgan fingerprint density at radius 3 is 1.39 bits per heavy atom. The van der Waals surface area contributed by atoms with Crippen LogP contribution >= 0.6 is 0 Å². The molecule has 0 rings (SSSR count). The number of alkyl halides is 9. The molecular formula is C10H15F9O3Si. The van der Waals surface area contributed by atoms with Crippen molar-refractivity contribution in [1.29, 1.82) is 0 Å². The first kappa shape index (κ1) is 22.5. The van der Waals surface area contributed by atoms with Crippen LogP contribution in [0.15, 0.2) is 0 Å². The second kappa shape index (κ2) is 7.15. The van der Waals surface area contributed by atoms with Gasteiger partial charge in [-0.2, -0.15) is 39.5 Å². The maximum absolute atomic E-state index is 13.9. The van der Waals surface area contributed by atoms with Gasteiger partial charge in [0.15, 0.2) is 0 Å². The van der Waals surface area contributed by atoms with Gasteiger partial charge < -0.3 is 13.3 Å². The minimum absolute atomic E-state index is 0.505. The summed E-state index contributed by atoms with van der Waals surface area (Å²) in [7, 11) is -4.04. The van der Waals surface area contributed by atoms with E-state index in [-0.39, 0.29) is 0 Å². The summed E-state index contributed by atoms with van der Waals surface area (Å²) >= 11 is 0. The summed E-state index contributed by atoms with van der Waals surface area (Å²) in [6.45, 7) is 0. The van der Waals surface area contributed by atoms with Crippen LogP contribution in [0.25, 0.3) is 0 Å². The van der Waals surface area contributed by atoms with Gasteiger partial charge in [-0.25, -0.2) is 0 Å². The highest BCUT2D eigenvalue weighted by Crippen LogP contribution is 2.52. The quantitative estimate of drug-likeness (QED) is 0.445. The fourth-order valence-corrected chi connectivity index (χ4v) is 3.56. The van der Waals surface area contributed by atoms with Crippen LogP contribution in [-0.4, -0.2) is 53.7 Å². The molecule has 0 aliphatic carbocycles. The van der Waals surface area contributed by atoms with Gasteiger partial charge >= 0.3 is 32.4 Å². The molecule has 0 N–H and O–H groups in total. The van der Waals surface area contributed by atoms with Gasteiger partial charge in [-0.1, -0.05) is 0 Å². The number of hydrogen-bond donors (Lipinski definition) is 0. The van der Waals surface area contributed by atoms with Crippen molar-refractivity contribution in [2.24, 2.45) is 0 Å². The molecule has 0 saturated heterocycles. The first-order chi connectivity index (χ1) is 10.1. The first-order valence-corrected chi connectivity index (χ1v) is 7.72. The molecule has 0 aromatic heterocycles. The Labute approximate surface area is 127 Å². The average Bonchev–Trinajstić information content (AvgIpc) is 2.38. The lowest BCUT2D eigenvalue weighted by atomic mass is 10.0. The van der Waals surface area contributed by atoms with Crippen molar-refractivity contribution in [3.63, 3.8) is 0 Å². The Morgan fingerprint density at radius 1 is 0.696 bits per heavy atom. The third-order valence-electron chi connectivity index (χ3n) is 3.00. The van der Waals surface area contributed by atoms with Crippen molar-refractivity contribution in [3.05, 3.63) is 0 Å². The standard InChI is InChI=1S/C10H15F9O3Si/c1-20-23(21-2,22-3)10(18,19)9(16,17)7(11,12)5-4-6-8(13,14)15/h4-6H2,1-3H3. The zero-order chi connectivity index (χ0) is 18.7. The second-order valence-electron chi connectivity index (χ2n) is 4.49. The second-order valence-corrected chi connectivity index (χ2v) is 7.46. The molecule has 140 valence electrons. The lowest BCUT2D eigenvalue weighted by Gasteiger charge is -2.39. The Balaban J connectivity index is 5.48. The van der Waals surface area contributed by atoms with Crippen LogP contribution < -0.4 is 0 Å². The first-order valence-electron chi connectivity index (χ1n) is 6.00. The van der Waals surface area contributed by atoms with Crippen molar-refractivity contribution in [2.75, 3.05) is 21.3 Å². The third-order valence-corrected chi connectivity index (χ3v) is 5.69. The van der Waals surface area contributed by atoms with E-state index in [9.17, 15) is 39.5 Å². The number of hydrogen-bond acceptors (Lipinski definition) is 3. The largest absolute Gasteiger partial charge is 0.581 e. The van der Waals surface area contributed by atoms with Crippen molar-refractivity contribution >= 4 is 8.80 Å². The molecule has 13 heteroatoms. The van der Waals surface area contributed by atoms with Crippen LogP contribution in [0, 0.1) is 0 Å². The molecular weight excluding hydrogens is 367 g/mol. The van der Waals surface area contributed by atoms with Crippen LogP contribution in [0.1, 0.15) is 19.3 Å². The van der Waals surface area contributed by atoms with E-state index in [1.54, 1.807) is 0 Å². The van der Waals surface area contributed by atoms with E-state index in [1.165, 1.54) is 0 Å². The van der Waals surface area contributed by atoms with Crippen molar-refractivity contribution < 1.29 is 52.8 Å². The van der Waals surface area contributed by atoms with Crippen LogP contribution in [0.3, 0.4) is 0 Å². The maximum Gasteiger partial charge on any atom is 0.581 e. The van der Waals surface area contributed by atoms with Crippen LogP contribution in [-0.2, 0) is 13.3 Å². The maximum atomic E-state index is 13.9. The summed E-state index contributed by atoms with van der Waals surface area (Å²) in [6.07, 6.45) is -10.2. The summed E-state index contributed by atoms with van der Waals surface area (Å²) < 4.78 is 130. The predicted molar refractivity (Wildman–Crippen MR) is 61.5 cm³/mol. The van der Waals surface area contributed by atoms with Gasteiger partial charge in [-0.3, -0.25) is 0 Å². The lowest BCUT2D eigenvalue weighted by Crippen LogP contribution is -2.71. The third kappa shape index (κ3) is 4.31. The minimum atomic E-state index is -6.04. The molecule has 0 aromatic carbocycles. The van der Waals surface area contributed by atoms with Crippen LogP contribution in [0.2, 0.25) is 0 Å². The molecule has 0 atom stereocenters. The Morgan fingerprint density at radius 2 is 1.09 bits per heavy atom. The molecule has 0 aliphatic heterocycles. The summed E-state index contributed by atoms with van der Waals surface area (Å²) in [6, 6.07) is 0. The van der Waals surface area contributed by atoms with Crippen LogP contribution in [0.5, 0.6) is 0 Å². The molecule has 0 unspecified atom stereocenters. The monoisotopic (exact) mass is 382 g/mol. The molecule has 0 fully saturated rings. The van der Waals surface area contributed by atoms with Gasteiger partial charge in [0.2, 0.25) is 0 Å². The van der Waals surface area contributed by atoms with Crippen LogP contribution in [0.4, 0.5) is 39.5 Å². The van der Waals surface area contributed by atoms with Gasteiger partial charge in [-0.05, 0) is 6.42 Å². The molecule has 0 aliphatic rings. The van der Waals surface area contributed by atoms with E-state index in [4.69, 9.17) is 0 Å². The SMILES string of the molecule is CO[Si](OC)(OC)C(F)(F)C(F)(F)C(F)(F)CCCC(F)(F)F. The fraction of sp³-hybridized carbons (Fsp3) is 1.00. The summed E-state index contributed by atoms with van der Waals surface area (Å²) in [5.74, 6) is -11.5. The zero-order valence-electron chi connectivity index (χ0n) is 12.2. The van der Waals surface area contributed by atoms with Gasteiger partial charge in [0, 0.05) is 34.2 Å². The van der Waals surface area contributed by atoms with Crippen molar-refractivity contribution in [2.45, 2.75) is 42.8 Å². The van der Waals surface area contributed by atoms with E-state index in [0.29, 0.717) is 21.3 Å². The fourth-order valence-electron chi connectivity index (χ4n) is 1.72. The molecule has 23 heavy (non-hydrogen) atoms. The summed E-state index contributed by atoms with van der Waals surface area (Å²) in [4.78, 5) is 0. The Hall–Kier alpha value is -0.533. The molecule has 0 aromatic rings. The predicted octanol–water partition coefficient (Wildman–Crippen LogP) is 4.04. The van der Waals surface area contributed by atoms with Gasteiger partial charge in [-0.15, -0.1) is 0 Å². The van der Waals surface area contributed by atoms with Crippen molar-refractivity contribution in [1.82, 2.24) is 0 Å². The lowest BCUT2D eigenvalue weighted by molar-refractivity contribution is -0.299. The smallest absolute Gasteiger partial charge is 0.373 e. The van der Waals surface area contributed by atoms with E-state index in [2.05, 4.69) is 13.3 Å². The van der Waals surface area contributed by atoms with Gasteiger partial charge in [0.05, 0.1) is 0 Å². The van der Waals surface area contributed by atoms with Gasteiger partial charge in [0.25, 0.3) is 0 Å². The Bertz CT molecular complexity index is 374. The normalized spacial score (nSPS) is 15.1. The molecule has 0 bridgehead atoms. The highest BCUT2D eigenvalue weighted by atomic mass is 28.4. The van der Waals surface area contributed by atoms with Gasteiger partial charge in [0.1, 0.15) is 0 Å². The Kier molecular flexibility index (Phi) is 6.98. The number of rotatable bonds is 9. The molecule has 0 heterocycles. The minimum Gasteiger partial charge on any atom is -0.373 e. The molecule has 0 saturated carbocycles. The zero-order valence-corrected chi connectivity index (χ0v) is 13.2.